The second kappa shape index (κ2) is 6.43. The van der Waals surface area contributed by atoms with E-state index >= 15 is 0 Å². The maximum atomic E-state index is 11.4. The van der Waals surface area contributed by atoms with Crippen LogP contribution in [0.15, 0.2) is 0 Å². The van der Waals surface area contributed by atoms with E-state index in [1.807, 2.05) is 6.92 Å². The van der Waals surface area contributed by atoms with Crippen LogP contribution in [0.25, 0.3) is 0 Å². The number of nitrogens with two attached hydrogens (primary N) is 1. The minimum Gasteiger partial charge on any atom is -0.347 e. The summed E-state index contributed by atoms with van der Waals surface area (Å²) in [5.74, 6) is 1.29. The van der Waals surface area contributed by atoms with Crippen molar-refractivity contribution >= 4 is 11.5 Å². The van der Waals surface area contributed by atoms with E-state index in [9.17, 15) is 10.1 Å². The molecule has 0 amide bonds. The lowest BCUT2D eigenvalue weighted by Gasteiger charge is -2.39. The Hall–Kier alpha value is -1.63. The van der Waals surface area contributed by atoms with E-state index in [-0.39, 0.29) is 16.7 Å². The molecule has 2 rings (SSSR count). The first-order valence-corrected chi connectivity index (χ1v) is 7.71. The highest BCUT2D eigenvalue weighted by Crippen LogP contribution is 2.37. The Morgan fingerprint density at radius 2 is 2.19 bits per heavy atom. The van der Waals surface area contributed by atoms with E-state index in [4.69, 9.17) is 5.73 Å². The summed E-state index contributed by atoms with van der Waals surface area (Å²) in [4.78, 5) is 13.2. The van der Waals surface area contributed by atoms with Gasteiger partial charge in [-0.05, 0) is 32.6 Å². The number of piperidine rings is 1. The van der Waals surface area contributed by atoms with E-state index < -0.39 is 0 Å². The van der Waals surface area contributed by atoms with Crippen molar-refractivity contribution in [1.82, 2.24) is 9.78 Å². The van der Waals surface area contributed by atoms with Gasteiger partial charge in [-0.3, -0.25) is 10.1 Å². The maximum absolute atomic E-state index is 11.4. The van der Waals surface area contributed by atoms with Gasteiger partial charge in [0, 0.05) is 25.7 Å². The predicted molar refractivity (Wildman–Crippen MR) is 82.5 cm³/mol. The first-order valence-electron chi connectivity index (χ1n) is 7.71. The van der Waals surface area contributed by atoms with Gasteiger partial charge < -0.3 is 10.6 Å². The quantitative estimate of drug-likeness (QED) is 0.663. The average molecular weight is 295 g/mol. The molecule has 2 atom stereocenters. The van der Waals surface area contributed by atoms with Crippen molar-refractivity contribution in [3.8, 4) is 0 Å². The molecule has 2 heterocycles. The van der Waals surface area contributed by atoms with E-state index in [0.717, 1.165) is 25.8 Å². The number of aryl methyl sites for hydroxylation is 2. The van der Waals surface area contributed by atoms with Crippen LogP contribution in [0.4, 0.5) is 11.5 Å². The molecule has 118 valence electrons. The molecular weight excluding hydrogens is 270 g/mol. The molecule has 2 N–H and O–H groups in total. The molecule has 1 fully saturated rings. The summed E-state index contributed by atoms with van der Waals surface area (Å²) in [6, 6.07) is 0.156. The fourth-order valence-electron chi connectivity index (χ4n) is 3.29. The minimum absolute atomic E-state index is 0.130. The number of anilines is 1. The molecule has 0 spiro atoms. The van der Waals surface area contributed by atoms with Crippen LogP contribution >= 0.6 is 0 Å². The smallest absolute Gasteiger partial charge is 0.333 e. The lowest BCUT2D eigenvalue weighted by atomic mass is 9.89. The average Bonchev–Trinajstić information content (AvgIpc) is 2.82. The van der Waals surface area contributed by atoms with Crippen LogP contribution in [-0.4, -0.2) is 33.8 Å². The fourth-order valence-corrected chi connectivity index (χ4v) is 3.29. The highest BCUT2D eigenvalue weighted by molar-refractivity contribution is 5.62. The zero-order valence-electron chi connectivity index (χ0n) is 13.1. The summed E-state index contributed by atoms with van der Waals surface area (Å²) in [7, 11) is 0. The number of hydrogen-bond donors (Lipinski definition) is 1. The van der Waals surface area contributed by atoms with Gasteiger partial charge in [-0.15, -0.1) is 0 Å². The van der Waals surface area contributed by atoms with Crippen molar-refractivity contribution in [1.29, 1.82) is 0 Å². The Labute approximate surface area is 125 Å². The first-order chi connectivity index (χ1) is 10.0. The lowest BCUT2D eigenvalue weighted by molar-refractivity contribution is -0.384. The number of aromatic nitrogens is 2. The van der Waals surface area contributed by atoms with Crippen LogP contribution < -0.4 is 10.6 Å². The molecule has 0 aromatic carbocycles. The van der Waals surface area contributed by atoms with Crippen molar-refractivity contribution in [2.75, 3.05) is 18.0 Å². The molecule has 1 aromatic heterocycles. The van der Waals surface area contributed by atoms with Gasteiger partial charge >= 0.3 is 5.69 Å². The molecular formula is C14H25N5O2. The lowest BCUT2D eigenvalue weighted by Crippen LogP contribution is -2.47. The van der Waals surface area contributed by atoms with E-state index in [0.29, 0.717) is 30.5 Å². The minimum atomic E-state index is -0.316. The Bertz CT molecular complexity index is 514. The van der Waals surface area contributed by atoms with Crippen LogP contribution in [0.2, 0.25) is 0 Å². The molecule has 0 saturated carbocycles. The summed E-state index contributed by atoms with van der Waals surface area (Å²) in [5.41, 5.74) is 6.54. The van der Waals surface area contributed by atoms with Crippen molar-refractivity contribution < 1.29 is 4.92 Å². The van der Waals surface area contributed by atoms with Gasteiger partial charge in [0.2, 0.25) is 5.82 Å². The number of rotatable bonds is 5. The molecule has 1 aliphatic rings. The van der Waals surface area contributed by atoms with Crippen LogP contribution in [0, 0.1) is 23.0 Å². The molecule has 7 heteroatoms. The molecule has 0 bridgehead atoms. The third kappa shape index (κ3) is 2.88. The van der Waals surface area contributed by atoms with Crippen LogP contribution in [0.5, 0.6) is 0 Å². The molecule has 21 heavy (non-hydrogen) atoms. The molecule has 1 saturated heterocycles. The standard InChI is InChI=1S/C14H25N5O2/c1-4-11-6-7-17(12(8-11)9-15)14-13(19(20)21)10(3)16-18(14)5-2/h11-12H,4-9,15H2,1-3H3. The third-order valence-electron chi connectivity index (χ3n) is 4.50. The summed E-state index contributed by atoms with van der Waals surface area (Å²) in [5, 5.41) is 15.8. The van der Waals surface area contributed by atoms with Gasteiger partial charge in [-0.25, -0.2) is 4.68 Å². The van der Waals surface area contributed by atoms with Gasteiger partial charge in [0.05, 0.1) is 4.92 Å². The highest BCUT2D eigenvalue weighted by Gasteiger charge is 2.35. The van der Waals surface area contributed by atoms with E-state index in [1.54, 1.807) is 11.6 Å². The van der Waals surface area contributed by atoms with Crippen LogP contribution in [0.1, 0.15) is 38.8 Å². The topological polar surface area (TPSA) is 90.2 Å². The Kier molecular flexibility index (Phi) is 4.82. The van der Waals surface area contributed by atoms with Crippen molar-refractivity contribution in [2.45, 2.75) is 52.6 Å². The zero-order valence-corrected chi connectivity index (χ0v) is 13.1. The zero-order chi connectivity index (χ0) is 15.6. The predicted octanol–water partition coefficient (Wildman–Crippen LogP) is 2.07. The molecule has 1 aromatic rings. The SMILES string of the molecule is CCC1CCN(c2c([N+](=O)[O-])c(C)nn2CC)C(CN)C1. The number of nitrogens with zero attached hydrogens (tertiary/aromatic N) is 4. The molecule has 0 radical (unpaired) electrons. The number of hydrogen-bond acceptors (Lipinski definition) is 5. The van der Waals surface area contributed by atoms with Crippen LogP contribution in [-0.2, 0) is 6.54 Å². The fraction of sp³-hybridized carbons (Fsp3) is 0.786. The van der Waals surface area contributed by atoms with Gasteiger partial charge in [0.1, 0.15) is 5.69 Å². The highest BCUT2D eigenvalue weighted by atomic mass is 16.6. The second-order valence-electron chi connectivity index (χ2n) is 5.71. The summed E-state index contributed by atoms with van der Waals surface area (Å²) >= 11 is 0. The van der Waals surface area contributed by atoms with Crippen molar-refractivity contribution in [2.24, 2.45) is 11.7 Å². The second-order valence-corrected chi connectivity index (χ2v) is 5.71. The van der Waals surface area contributed by atoms with Crippen molar-refractivity contribution in [3.63, 3.8) is 0 Å². The first kappa shape index (κ1) is 15.8. The van der Waals surface area contributed by atoms with Gasteiger partial charge in [-0.1, -0.05) is 13.3 Å². The Morgan fingerprint density at radius 3 is 2.71 bits per heavy atom. The summed E-state index contributed by atoms with van der Waals surface area (Å²) in [6.07, 6.45) is 3.19. The Morgan fingerprint density at radius 1 is 1.48 bits per heavy atom. The maximum Gasteiger partial charge on any atom is 0.333 e. The van der Waals surface area contributed by atoms with E-state index in [2.05, 4.69) is 16.9 Å². The third-order valence-corrected chi connectivity index (χ3v) is 4.50. The van der Waals surface area contributed by atoms with Crippen molar-refractivity contribution in [3.05, 3.63) is 15.8 Å². The summed E-state index contributed by atoms with van der Waals surface area (Å²) in [6.45, 7) is 7.79. The molecule has 1 aliphatic heterocycles. The summed E-state index contributed by atoms with van der Waals surface area (Å²) < 4.78 is 1.74. The van der Waals surface area contributed by atoms with Gasteiger partial charge in [0.25, 0.3) is 0 Å². The molecule has 0 aliphatic carbocycles. The largest absolute Gasteiger partial charge is 0.347 e. The van der Waals surface area contributed by atoms with Gasteiger partial charge in [-0.2, -0.15) is 5.10 Å². The monoisotopic (exact) mass is 295 g/mol. The Balaban J connectivity index is 2.42. The molecule has 7 nitrogen and oxygen atoms in total. The van der Waals surface area contributed by atoms with Crippen LogP contribution in [0.3, 0.4) is 0 Å². The number of nitro groups is 1. The normalized spacial score (nSPS) is 22.6. The van der Waals surface area contributed by atoms with E-state index in [1.165, 1.54) is 0 Å². The molecule has 2 unspecified atom stereocenters. The van der Waals surface area contributed by atoms with Gasteiger partial charge in [0.15, 0.2) is 0 Å².